The van der Waals surface area contributed by atoms with Crippen molar-refractivity contribution < 1.29 is 14.6 Å². The van der Waals surface area contributed by atoms with E-state index in [9.17, 15) is 9.90 Å². The predicted octanol–water partition coefficient (Wildman–Crippen LogP) is 1.11. The minimum Gasteiger partial charge on any atom is -0.384 e. The molecule has 0 spiro atoms. The van der Waals surface area contributed by atoms with Crippen LogP contribution in [0.2, 0.25) is 0 Å². The van der Waals surface area contributed by atoms with Crippen LogP contribution < -0.4 is 16.4 Å². The monoisotopic (exact) mass is 498 g/mol. The zero-order valence-corrected chi connectivity index (χ0v) is 20.7. The average molecular weight is 499 g/mol. The van der Waals surface area contributed by atoms with E-state index in [1.165, 1.54) is 11.3 Å². The summed E-state index contributed by atoms with van der Waals surface area (Å²) < 4.78 is 6.45. The number of amides is 1. The molecule has 5 rings (SSSR count). The van der Waals surface area contributed by atoms with E-state index in [0.29, 0.717) is 63.6 Å². The van der Waals surface area contributed by atoms with Crippen LogP contribution in [0, 0.1) is 0 Å². The largest absolute Gasteiger partial charge is 0.384 e. The van der Waals surface area contributed by atoms with Crippen molar-refractivity contribution in [3.05, 3.63) is 23.3 Å². The lowest BCUT2D eigenvalue weighted by molar-refractivity contribution is -0.140. The molecule has 5 N–H and O–H groups in total. The number of fused-ring (bicyclic) bond motifs is 1. The first-order valence-electron chi connectivity index (χ1n) is 11.7. The number of likely N-dealkylation sites (tertiary alicyclic amines) is 1. The number of aromatic nitrogens is 4. The van der Waals surface area contributed by atoms with Crippen LogP contribution in [-0.2, 0) is 15.1 Å². The topological polar surface area (TPSA) is 157 Å². The highest BCUT2D eigenvalue weighted by atomic mass is 32.1. The molecule has 0 saturated carbocycles. The van der Waals surface area contributed by atoms with Gasteiger partial charge in [-0.05, 0) is 32.8 Å². The molecule has 0 radical (unpaired) electrons. The predicted molar refractivity (Wildman–Crippen MR) is 134 cm³/mol. The van der Waals surface area contributed by atoms with Crippen LogP contribution in [0.5, 0.6) is 0 Å². The van der Waals surface area contributed by atoms with E-state index in [2.05, 4.69) is 14.9 Å². The van der Waals surface area contributed by atoms with Crippen molar-refractivity contribution in [3.63, 3.8) is 0 Å². The van der Waals surface area contributed by atoms with Crippen LogP contribution in [0.4, 0.5) is 11.8 Å². The van der Waals surface area contributed by atoms with E-state index in [0.717, 1.165) is 20.9 Å². The van der Waals surface area contributed by atoms with Gasteiger partial charge in [0.15, 0.2) is 11.6 Å². The Morgan fingerprint density at radius 2 is 1.80 bits per heavy atom. The van der Waals surface area contributed by atoms with Crippen LogP contribution in [-0.4, -0.2) is 80.8 Å². The summed E-state index contributed by atoms with van der Waals surface area (Å²) >= 11 is 1.51. The minimum atomic E-state index is -1.05. The van der Waals surface area contributed by atoms with Gasteiger partial charge in [0.1, 0.15) is 5.60 Å². The smallest absolute Gasteiger partial charge is 0.242 e. The third-order valence-corrected chi connectivity index (χ3v) is 7.80. The standard InChI is InChI=1S/C23H30N8O3S/c1-22(2,25)20(32)31-5-3-23(33,4-6-31)16-11-15-17(35-16)19(30-7-9-34-10-8-30)29-18(28-15)14-12-26-21(24)27-13-14/h11-13,33H,3-10,25H2,1-2H3,(H2,24,26,27). The van der Waals surface area contributed by atoms with E-state index in [-0.39, 0.29) is 11.9 Å². The number of thiophene rings is 1. The zero-order valence-electron chi connectivity index (χ0n) is 19.9. The number of carbonyl (C=O) groups is 1. The normalized spacial score (nSPS) is 18.7. The Balaban J connectivity index is 1.51. The highest BCUT2D eigenvalue weighted by Gasteiger charge is 2.39. The number of rotatable bonds is 4. The van der Waals surface area contributed by atoms with Gasteiger partial charge in [0.05, 0.1) is 34.5 Å². The van der Waals surface area contributed by atoms with Crippen LogP contribution in [0.3, 0.4) is 0 Å². The van der Waals surface area contributed by atoms with Crippen LogP contribution >= 0.6 is 11.3 Å². The molecule has 1 amide bonds. The molecule has 0 bridgehead atoms. The highest BCUT2D eigenvalue weighted by Crippen LogP contribution is 2.42. The molecule has 3 aromatic heterocycles. The second-order valence-corrected chi connectivity index (χ2v) is 10.7. The molecule has 2 fully saturated rings. The molecule has 35 heavy (non-hydrogen) atoms. The molecule has 0 atom stereocenters. The Kier molecular flexibility index (Phi) is 6.08. The lowest BCUT2D eigenvalue weighted by atomic mass is 9.89. The van der Waals surface area contributed by atoms with Gasteiger partial charge in [0, 0.05) is 43.4 Å². The molecule has 0 aliphatic carbocycles. The molecule has 12 heteroatoms. The van der Waals surface area contributed by atoms with E-state index in [1.54, 1.807) is 31.1 Å². The quantitative estimate of drug-likeness (QED) is 0.476. The van der Waals surface area contributed by atoms with Crippen molar-refractivity contribution in [1.82, 2.24) is 24.8 Å². The second kappa shape index (κ2) is 8.94. The number of hydrogen-bond acceptors (Lipinski definition) is 11. The molecule has 3 aromatic rings. The van der Waals surface area contributed by atoms with E-state index in [1.807, 2.05) is 6.07 Å². The van der Waals surface area contributed by atoms with Crippen LogP contribution in [0.25, 0.3) is 21.6 Å². The van der Waals surface area contributed by atoms with Crippen molar-refractivity contribution >= 4 is 39.2 Å². The first kappa shape index (κ1) is 23.8. The highest BCUT2D eigenvalue weighted by molar-refractivity contribution is 7.19. The number of morpholine rings is 1. The summed E-state index contributed by atoms with van der Waals surface area (Å²) in [5, 5.41) is 11.6. The molecule has 2 aliphatic rings. The fraction of sp³-hybridized carbons (Fsp3) is 0.522. The minimum absolute atomic E-state index is 0.105. The number of nitrogens with two attached hydrogens (primary N) is 2. The van der Waals surface area contributed by atoms with E-state index in [4.69, 9.17) is 26.2 Å². The lowest BCUT2D eigenvalue weighted by Crippen LogP contribution is -2.55. The first-order chi connectivity index (χ1) is 16.6. The Morgan fingerprint density at radius 3 is 2.43 bits per heavy atom. The molecule has 5 heterocycles. The Labute approximate surface area is 207 Å². The number of hydrogen-bond donors (Lipinski definition) is 3. The molecule has 2 saturated heterocycles. The van der Waals surface area contributed by atoms with Crippen molar-refractivity contribution in [2.75, 3.05) is 50.0 Å². The summed E-state index contributed by atoms with van der Waals surface area (Å²) in [6, 6.07) is 1.94. The average Bonchev–Trinajstić information content (AvgIpc) is 3.29. The van der Waals surface area contributed by atoms with Crippen LogP contribution in [0.1, 0.15) is 31.6 Å². The van der Waals surface area contributed by atoms with Gasteiger partial charge in [-0.1, -0.05) is 0 Å². The molecule has 186 valence electrons. The Hall–Kier alpha value is -2.93. The zero-order chi connectivity index (χ0) is 24.8. The number of nitrogens with zero attached hydrogens (tertiary/aromatic N) is 6. The van der Waals surface area contributed by atoms with Gasteiger partial charge in [0.25, 0.3) is 0 Å². The number of piperidine rings is 1. The molecule has 0 unspecified atom stereocenters. The molecular formula is C23H30N8O3S. The van der Waals surface area contributed by atoms with Crippen molar-refractivity contribution in [3.8, 4) is 11.4 Å². The number of nitrogen functional groups attached to an aromatic ring is 1. The number of anilines is 2. The molecule has 2 aliphatic heterocycles. The summed E-state index contributed by atoms with van der Waals surface area (Å²) in [6.07, 6.45) is 4.08. The summed E-state index contributed by atoms with van der Waals surface area (Å²) in [4.78, 5) is 35.1. The second-order valence-electron chi connectivity index (χ2n) is 9.67. The fourth-order valence-electron chi connectivity index (χ4n) is 4.45. The third-order valence-electron chi connectivity index (χ3n) is 6.48. The van der Waals surface area contributed by atoms with Gasteiger partial charge in [-0.25, -0.2) is 19.9 Å². The maximum atomic E-state index is 12.6. The number of ether oxygens (including phenoxy) is 1. The van der Waals surface area contributed by atoms with Gasteiger partial charge < -0.3 is 31.1 Å². The lowest BCUT2D eigenvalue weighted by Gasteiger charge is -2.39. The van der Waals surface area contributed by atoms with Gasteiger partial charge in [-0.2, -0.15) is 0 Å². The van der Waals surface area contributed by atoms with E-state index >= 15 is 0 Å². The van der Waals surface area contributed by atoms with Gasteiger partial charge >= 0.3 is 0 Å². The molecular weight excluding hydrogens is 468 g/mol. The maximum Gasteiger partial charge on any atom is 0.242 e. The Bertz CT molecular complexity index is 1230. The summed E-state index contributed by atoms with van der Waals surface area (Å²) in [5.41, 5.74) is 11.1. The fourth-order valence-corrected chi connectivity index (χ4v) is 5.71. The summed E-state index contributed by atoms with van der Waals surface area (Å²) in [6.45, 7) is 6.97. The van der Waals surface area contributed by atoms with Crippen molar-refractivity contribution in [2.24, 2.45) is 5.73 Å². The van der Waals surface area contributed by atoms with Gasteiger partial charge in [-0.15, -0.1) is 11.3 Å². The van der Waals surface area contributed by atoms with Crippen molar-refractivity contribution in [1.29, 1.82) is 0 Å². The first-order valence-corrected chi connectivity index (χ1v) is 12.5. The summed E-state index contributed by atoms with van der Waals surface area (Å²) in [7, 11) is 0. The Morgan fingerprint density at radius 1 is 1.14 bits per heavy atom. The number of aliphatic hydroxyl groups is 1. The maximum absolute atomic E-state index is 12.6. The summed E-state index contributed by atoms with van der Waals surface area (Å²) in [5.74, 6) is 1.39. The van der Waals surface area contributed by atoms with Crippen molar-refractivity contribution in [2.45, 2.75) is 37.8 Å². The molecule has 11 nitrogen and oxygen atoms in total. The number of carbonyl (C=O) groups excluding carboxylic acids is 1. The van der Waals surface area contributed by atoms with E-state index < -0.39 is 11.1 Å². The van der Waals surface area contributed by atoms with Crippen LogP contribution in [0.15, 0.2) is 18.5 Å². The SMILES string of the molecule is CC(C)(N)C(=O)N1CCC(O)(c2cc3nc(-c4cnc(N)nc4)nc(N4CCOCC4)c3s2)CC1. The third kappa shape index (κ3) is 4.66. The van der Waals surface area contributed by atoms with Gasteiger partial charge in [0.2, 0.25) is 11.9 Å². The molecule has 0 aromatic carbocycles. The van der Waals surface area contributed by atoms with Gasteiger partial charge in [-0.3, -0.25) is 4.79 Å².